The highest BCUT2D eigenvalue weighted by atomic mass is 16.2. The normalized spacial score (nSPS) is 11.9. The van der Waals surface area contributed by atoms with Gasteiger partial charge in [0.25, 0.3) is 0 Å². The van der Waals surface area contributed by atoms with Crippen molar-refractivity contribution in [2.75, 3.05) is 0 Å². The maximum absolute atomic E-state index is 12.1. The Labute approximate surface area is 134 Å². The molecule has 5 nitrogen and oxygen atoms in total. The number of ketones is 1. The highest BCUT2D eigenvalue weighted by Gasteiger charge is 2.17. The molecule has 2 aromatic carbocycles. The van der Waals surface area contributed by atoms with Gasteiger partial charge in [0.2, 0.25) is 11.8 Å². The number of amides is 2. The van der Waals surface area contributed by atoms with Gasteiger partial charge in [-0.25, -0.2) is 0 Å². The Bertz CT molecular complexity index is 724. The molecule has 120 valence electrons. The summed E-state index contributed by atoms with van der Waals surface area (Å²) in [6, 6.07) is 13.2. The third-order valence-electron chi connectivity index (χ3n) is 3.53. The predicted molar refractivity (Wildman–Crippen MR) is 88.7 cm³/mol. The maximum Gasteiger partial charge on any atom is 0.224 e. The van der Waals surface area contributed by atoms with Crippen molar-refractivity contribution >= 4 is 28.4 Å². The van der Waals surface area contributed by atoms with E-state index in [0.717, 1.165) is 16.3 Å². The van der Waals surface area contributed by atoms with Crippen LogP contribution >= 0.6 is 0 Å². The van der Waals surface area contributed by atoms with Crippen molar-refractivity contribution < 1.29 is 14.4 Å². The quantitative estimate of drug-likeness (QED) is 0.816. The summed E-state index contributed by atoms with van der Waals surface area (Å²) < 4.78 is 0. The number of hydrogen-bond donors (Lipinski definition) is 2. The number of carbonyl (C=O) groups is 3. The Hall–Kier alpha value is -2.69. The average molecular weight is 312 g/mol. The number of benzene rings is 2. The molecule has 0 fully saturated rings. The summed E-state index contributed by atoms with van der Waals surface area (Å²) in [6.07, 6.45) is 0.257. The number of hydrogen-bond acceptors (Lipinski definition) is 3. The van der Waals surface area contributed by atoms with Crippen molar-refractivity contribution in [1.29, 1.82) is 0 Å². The lowest BCUT2D eigenvalue weighted by molar-refractivity contribution is -0.122. The number of nitrogens with two attached hydrogens (primary N) is 1. The van der Waals surface area contributed by atoms with Crippen LogP contribution in [0.5, 0.6) is 0 Å². The lowest BCUT2D eigenvalue weighted by atomic mass is 10.0. The first-order chi connectivity index (χ1) is 10.9. The van der Waals surface area contributed by atoms with Gasteiger partial charge in [-0.05, 0) is 23.3 Å². The number of Topliss-reactive ketones (excluding diaryl/α,β-unsaturated/α-hetero) is 1. The Morgan fingerprint density at radius 2 is 1.74 bits per heavy atom. The summed E-state index contributed by atoms with van der Waals surface area (Å²) in [5.41, 5.74) is 6.03. The molecule has 2 aromatic rings. The molecule has 0 bridgehead atoms. The molecule has 0 heterocycles. The van der Waals surface area contributed by atoms with Crippen LogP contribution in [0.2, 0.25) is 0 Å². The molecular formula is C18H20N2O3. The molecule has 0 saturated heterocycles. The fourth-order valence-corrected chi connectivity index (χ4v) is 2.58. The largest absolute Gasteiger partial charge is 0.370 e. The zero-order valence-corrected chi connectivity index (χ0v) is 13.0. The lowest BCUT2D eigenvalue weighted by Gasteiger charge is -2.16. The zero-order valence-electron chi connectivity index (χ0n) is 13.0. The summed E-state index contributed by atoms with van der Waals surface area (Å²) in [7, 11) is 0. The van der Waals surface area contributed by atoms with Crippen molar-refractivity contribution in [3.05, 3.63) is 48.0 Å². The molecular weight excluding hydrogens is 292 g/mol. The fraction of sp³-hybridized carbons (Fsp3) is 0.278. The summed E-state index contributed by atoms with van der Waals surface area (Å²) in [6.45, 7) is 1.42. The number of rotatable bonds is 7. The second kappa shape index (κ2) is 7.54. The lowest BCUT2D eigenvalue weighted by Crippen LogP contribution is -2.39. The Kier molecular flexibility index (Phi) is 5.46. The van der Waals surface area contributed by atoms with Crippen LogP contribution in [0.1, 0.15) is 25.3 Å². The van der Waals surface area contributed by atoms with E-state index in [1.807, 2.05) is 42.5 Å². The molecule has 0 aromatic heterocycles. The summed E-state index contributed by atoms with van der Waals surface area (Å²) in [4.78, 5) is 34.4. The third kappa shape index (κ3) is 5.21. The molecule has 0 radical (unpaired) electrons. The molecule has 2 rings (SSSR count). The van der Waals surface area contributed by atoms with E-state index in [0.29, 0.717) is 0 Å². The minimum atomic E-state index is -0.544. The molecule has 23 heavy (non-hydrogen) atoms. The summed E-state index contributed by atoms with van der Waals surface area (Å²) in [5.74, 6) is -0.864. The minimum absolute atomic E-state index is 0.0387. The van der Waals surface area contributed by atoms with E-state index in [9.17, 15) is 14.4 Å². The fourth-order valence-electron chi connectivity index (χ4n) is 2.58. The maximum atomic E-state index is 12.1. The monoisotopic (exact) mass is 312 g/mol. The van der Waals surface area contributed by atoms with Gasteiger partial charge < -0.3 is 11.1 Å². The number of carbonyl (C=O) groups excluding carboxylic acids is 3. The standard InChI is InChI=1S/C18H20N2O3/c1-12(21)8-16(11-17(19)22)20-18(23)10-13-6-7-14-4-2-3-5-15(14)9-13/h2-7,9,16H,8,10-11H2,1H3,(H2,19,22)(H,20,23)/t16-/m1/s1. The first-order valence-electron chi connectivity index (χ1n) is 7.49. The van der Waals surface area contributed by atoms with E-state index >= 15 is 0 Å². The minimum Gasteiger partial charge on any atom is -0.370 e. The predicted octanol–water partition coefficient (Wildman–Crippen LogP) is 1.72. The molecule has 2 amide bonds. The van der Waals surface area contributed by atoms with Crippen molar-refractivity contribution in [3.8, 4) is 0 Å². The smallest absolute Gasteiger partial charge is 0.224 e. The molecule has 0 unspecified atom stereocenters. The van der Waals surface area contributed by atoms with Crippen molar-refractivity contribution in [1.82, 2.24) is 5.32 Å². The van der Waals surface area contributed by atoms with Crippen LogP contribution in [0.15, 0.2) is 42.5 Å². The molecule has 0 aliphatic rings. The van der Waals surface area contributed by atoms with Gasteiger partial charge in [-0.3, -0.25) is 14.4 Å². The van der Waals surface area contributed by atoms with E-state index in [4.69, 9.17) is 5.73 Å². The van der Waals surface area contributed by atoms with E-state index < -0.39 is 11.9 Å². The van der Waals surface area contributed by atoms with Gasteiger partial charge in [0, 0.05) is 18.9 Å². The summed E-state index contributed by atoms with van der Waals surface area (Å²) >= 11 is 0. The molecule has 5 heteroatoms. The van der Waals surface area contributed by atoms with Gasteiger partial charge in [0.15, 0.2) is 0 Å². The van der Waals surface area contributed by atoms with Crippen molar-refractivity contribution in [2.45, 2.75) is 32.2 Å². The number of primary amides is 1. The van der Waals surface area contributed by atoms with Gasteiger partial charge >= 0.3 is 0 Å². The second-order valence-electron chi connectivity index (χ2n) is 5.70. The molecule has 0 spiro atoms. The Morgan fingerprint density at radius 3 is 2.39 bits per heavy atom. The highest BCUT2D eigenvalue weighted by molar-refractivity contribution is 5.86. The van der Waals surface area contributed by atoms with E-state index in [-0.39, 0.29) is 31.0 Å². The molecule has 0 saturated carbocycles. The number of nitrogens with one attached hydrogen (secondary N) is 1. The topological polar surface area (TPSA) is 89.3 Å². The van der Waals surface area contributed by atoms with Crippen LogP contribution < -0.4 is 11.1 Å². The first-order valence-corrected chi connectivity index (χ1v) is 7.49. The SMILES string of the molecule is CC(=O)C[C@H](CC(N)=O)NC(=O)Cc1ccc2ccccc2c1. The van der Waals surface area contributed by atoms with Crippen molar-refractivity contribution in [2.24, 2.45) is 5.73 Å². The average Bonchev–Trinajstić information content (AvgIpc) is 2.45. The summed E-state index contributed by atoms with van der Waals surface area (Å²) in [5, 5.41) is 4.89. The molecule has 0 aliphatic heterocycles. The molecule has 0 aliphatic carbocycles. The molecule has 3 N–H and O–H groups in total. The highest BCUT2D eigenvalue weighted by Crippen LogP contribution is 2.16. The van der Waals surface area contributed by atoms with Crippen LogP contribution in [0.25, 0.3) is 10.8 Å². The van der Waals surface area contributed by atoms with Gasteiger partial charge in [-0.1, -0.05) is 42.5 Å². The zero-order chi connectivity index (χ0) is 16.8. The van der Waals surface area contributed by atoms with Crippen LogP contribution in [0.3, 0.4) is 0 Å². The van der Waals surface area contributed by atoms with Gasteiger partial charge in [-0.15, -0.1) is 0 Å². The van der Waals surface area contributed by atoms with Crippen LogP contribution in [0, 0.1) is 0 Å². The van der Waals surface area contributed by atoms with Gasteiger partial charge in [0.1, 0.15) is 5.78 Å². The van der Waals surface area contributed by atoms with Gasteiger partial charge in [0.05, 0.1) is 6.42 Å². The Morgan fingerprint density at radius 1 is 1.04 bits per heavy atom. The van der Waals surface area contributed by atoms with E-state index in [1.165, 1.54) is 6.92 Å². The van der Waals surface area contributed by atoms with Crippen molar-refractivity contribution in [3.63, 3.8) is 0 Å². The second-order valence-corrected chi connectivity index (χ2v) is 5.70. The molecule has 1 atom stereocenters. The van der Waals surface area contributed by atoms with Crippen LogP contribution in [-0.4, -0.2) is 23.6 Å². The van der Waals surface area contributed by atoms with E-state index in [1.54, 1.807) is 0 Å². The van der Waals surface area contributed by atoms with Gasteiger partial charge in [-0.2, -0.15) is 0 Å². The van der Waals surface area contributed by atoms with Crippen LogP contribution in [-0.2, 0) is 20.8 Å². The van der Waals surface area contributed by atoms with Crippen LogP contribution in [0.4, 0.5) is 0 Å². The number of fused-ring (bicyclic) bond motifs is 1. The first kappa shape index (κ1) is 16.7. The third-order valence-corrected chi connectivity index (χ3v) is 3.53. The Balaban J connectivity index is 2.03. The van der Waals surface area contributed by atoms with E-state index in [2.05, 4.69) is 5.32 Å².